The minimum absolute atomic E-state index is 0.0162. The van der Waals surface area contributed by atoms with Crippen LogP contribution in [0.5, 0.6) is 0 Å². The van der Waals surface area contributed by atoms with E-state index in [0.717, 1.165) is 10.4 Å². The molecule has 1 unspecified atom stereocenters. The number of aryl methyl sites for hydroxylation is 1. The molecule has 0 radical (unpaired) electrons. The number of carboxylic acids is 1. The average molecular weight is 258 g/mol. The number of carboxylic acid groups (broad SMARTS) is 1. The van der Waals surface area contributed by atoms with Crippen molar-refractivity contribution in [3.05, 3.63) is 21.4 Å². The zero-order valence-electron chi connectivity index (χ0n) is 10.4. The maximum absolute atomic E-state index is 10.8. The highest BCUT2D eigenvalue weighted by Crippen LogP contribution is 2.22. The number of ether oxygens (including phenoxy) is 2. The Morgan fingerprint density at radius 1 is 1.59 bits per heavy atom. The molecule has 0 aliphatic heterocycles. The maximum atomic E-state index is 10.8. The summed E-state index contributed by atoms with van der Waals surface area (Å²) in [5, 5.41) is 8.87. The first kappa shape index (κ1) is 14.2. The maximum Gasteiger partial charge on any atom is 0.345 e. The topological polar surface area (TPSA) is 55.8 Å². The first-order chi connectivity index (χ1) is 8.04. The van der Waals surface area contributed by atoms with E-state index in [2.05, 4.69) is 0 Å². The fourth-order valence-corrected chi connectivity index (χ4v) is 2.20. The Morgan fingerprint density at radius 3 is 2.82 bits per heavy atom. The second-order valence-corrected chi connectivity index (χ2v) is 5.03. The largest absolute Gasteiger partial charge is 0.477 e. The summed E-state index contributed by atoms with van der Waals surface area (Å²) in [5.41, 5.74) is 0.941. The van der Waals surface area contributed by atoms with Crippen molar-refractivity contribution in [2.75, 3.05) is 13.2 Å². The highest BCUT2D eigenvalue weighted by Gasteiger charge is 2.12. The van der Waals surface area contributed by atoms with Crippen LogP contribution in [-0.2, 0) is 16.1 Å². The summed E-state index contributed by atoms with van der Waals surface area (Å²) >= 11 is 1.28. The van der Waals surface area contributed by atoms with Crippen LogP contribution in [-0.4, -0.2) is 30.4 Å². The van der Waals surface area contributed by atoms with Gasteiger partial charge in [-0.25, -0.2) is 4.79 Å². The average Bonchev–Trinajstić information content (AvgIpc) is 2.65. The van der Waals surface area contributed by atoms with Crippen molar-refractivity contribution in [3.8, 4) is 0 Å². The van der Waals surface area contributed by atoms with Crippen molar-refractivity contribution >= 4 is 17.3 Å². The van der Waals surface area contributed by atoms with Crippen LogP contribution in [0.25, 0.3) is 0 Å². The first-order valence-corrected chi connectivity index (χ1v) is 6.38. The second-order valence-electron chi connectivity index (χ2n) is 3.78. The van der Waals surface area contributed by atoms with Crippen LogP contribution >= 0.6 is 11.3 Å². The number of aromatic carboxylic acids is 1. The third-order valence-corrected chi connectivity index (χ3v) is 3.39. The molecule has 96 valence electrons. The quantitative estimate of drug-likeness (QED) is 0.817. The molecule has 1 heterocycles. The molecule has 1 rings (SSSR count). The molecule has 4 nitrogen and oxygen atoms in total. The Morgan fingerprint density at radius 2 is 2.29 bits per heavy atom. The SMILES string of the molecule is CCOCC(C)OCc1cc(C(=O)O)sc1C. The van der Waals surface area contributed by atoms with Crippen LogP contribution in [0.2, 0.25) is 0 Å². The molecule has 17 heavy (non-hydrogen) atoms. The molecule has 1 N–H and O–H groups in total. The molecule has 0 saturated heterocycles. The molecule has 5 heteroatoms. The molecule has 0 fully saturated rings. The lowest BCUT2D eigenvalue weighted by molar-refractivity contribution is -0.0117. The third-order valence-electron chi connectivity index (χ3n) is 2.31. The van der Waals surface area contributed by atoms with E-state index < -0.39 is 5.97 Å². The smallest absolute Gasteiger partial charge is 0.345 e. The van der Waals surface area contributed by atoms with Crippen molar-refractivity contribution < 1.29 is 19.4 Å². The van der Waals surface area contributed by atoms with Gasteiger partial charge in [0.05, 0.1) is 19.3 Å². The second kappa shape index (κ2) is 6.74. The Labute approximate surface area is 105 Å². The van der Waals surface area contributed by atoms with Crippen molar-refractivity contribution in [2.24, 2.45) is 0 Å². The predicted molar refractivity (Wildman–Crippen MR) is 66.8 cm³/mol. The molecule has 0 aliphatic rings. The Balaban J connectivity index is 2.48. The van der Waals surface area contributed by atoms with Gasteiger partial charge in [0.25, 0.3) is 0 Å². The van der Waals surface area contributed by atoms with E-state index in [1.807, 2.05) is 20.8 Å². The summed E-state index contributed by atoms with van der Waals surface area (Å²) in [5.74, 6) is -0.883. The van der Waals surface area contributed by atoms with Crippen molar-refractivity contribution in [2.45, 2.75) is 33.5 Å². The van der Waals surface area contributed by atoms with Crippen molar-refractivity contribution in [3.63, 3.8) is 0 Å². The lowest BCUT2D eigenvalue weighted by Crippen LogP contribution is -2.15. The molecule has 1 atom stereocenters. The van der Waals surface area contributed by atoms with Gasteiger partial charge in [-0.2, -0.15) is 0 Å². The van der Waals surface area contributed by atoms with Gasteiger partial charge < -0.3 is 14.6 Å². The van der Waals surface area contributed by atoms with Crippen molar-refractivity contribution in [1.82, 2.24) is 0 Å². The Hall–Kier alpha value is -0.910. The van der Waals surface area contributed by atoms with Gasteiger partial charge in [0, 0.05) is 11.5 Å². The van der Waals surface area contributed by atoms with Crippen LogP contribution in [0.4, 0.5) is 0 Å². The number of hydrogen-bond acceptors (Lipinski definition) is 4. The standard InChI is InChI=1S/C12H18O4S/c1-4-15-6-8(2)16-7-10-5-11(12(13)14)17-9(10)3/h5,8H,4,6-7H2,1-3H3,(H,13,14). The third kappa shape index (κ3) is 4.46. The van der Waals surface area contributed by atoms with E-state index in [4.69, 9.17) is 14.6 Å². The van der Waals surface area contributed by atoms with Gasteiger partial charge in [-0.15, -0.1) is 11.3 Å². The first-order valence-electron chi connectivity index (χ1n) is 5.56. The van der Waals surface area contributed by atoms with Crippen LogP contribution in [0.15, 0.2) is 6.07 Å². The lowest BCUT2D eigenvalue weighted by Gasteiger charge is -2.12. The van der Waals surface area contributed by atoms with Gasteiger partial charge in [-0.3, -0.25) is 0 Å². The summed E-state index contributed by atoms with van der Waals surface area (Å²) in [6.45, 7) is 7.46. The number of carbonyl (C=O) groups is 1. The molecule has 0 saturated carbocycles. The van der Waals surface area contributed by atoms with Crippen LogP contribution in [0.1, 0.15) is 34.0 Å². The van der Waals surface area contributed by atoms with Gasteiger partial charge >= 0.3 is 5.97 Å². The molecule has 0 spiro atoms. The molecule has 1 aromatic heterocycles. The van der Waals surface area contributed by atoms with E-state index in [9.17, 15) is 4.79 Å². The van der Waals surface area contributed by atoms with Crippen LogP contribution in [0, 0.1) is 6.92 Å². The summed E-state index contributed by atoms with van der Waals surface area (Å²) in [6.07, 6.45) is 0.0162. The van der Waals surface area contributed by atoms with Gasteiger partial charge in [-0.05, 0) is 32.4 Å². The van der Waals surface area contributed by atoms with E-state index in [1.165, 1.54) is 11.3 Å². The van der Waals surface area contributed by atoms with Crippen LogP contribution < -0.4 is 0 Å². The van der Waals surface area contributed by atoms with Gasteiger partial charge in [0.1, 0.15) is 4.88 Å². The van der Waals surface area contributed by atoms with E-state index >= 15 is 0 Å². The fourth-order valence-electron chi connectivity index (χ4n) is 1.33. The number of thiophene rings is 1. The van der Waals surface area contributed by atoms with E-state index in [1.54, 1.807) is 6.07 Å². The van der Waals surface area contributed by atoms with Gasteiger partial charge in [-0.1, -0.05) is 0 Å². The lowest BCUT2D eigenvalue weighted by atomic mass is 10.2. The van der Waals surface area contributed by atoms with Gasteiger partial charge in [0.2, 0.25) is 0 Å². The summed E-state index contributed by atoms with van der Waals surface area (Å²) in [6, 6.07) is 1.68. The Bertz CT molecular complexity index is 373. The highest BCUT2D eigenvalue weighted by atomic mass is 32.1. The van der Waals surface area contributed by atoms with Crippen molar-refractivity contribution in [1.29, 1.82) is 0 Å². The molecule has 1 aromatic rings. The number of rotatable bonds is 7. The molecule has 0 aliphatic carbocycles. The minimum atomic E-state index is -0.883. The summed E-state index contributed by atoms with van der Waals surface area (Å²) in [4.78, 5) is 12.1. The number of hydrogen-bond donors (Lipinski definition) is 1. The van der Waals surface area contributed by atoms with E-state index in [-0.39, 0.29) is 6.10 Å². The molecular weight excluding hydrogens is 240 g/mol. The normalized spacial score (nSPS) is 12.6. The molecule has 0 amide bonds. The summed E-state index contributed by atoms with van der Waals surface area (Å²) < 4.78 is 10.8. The molecule has 0 bridgehead atoms. The minimum Gasteiger partial charge on any atom is -0.477 e. The highest BCUT2D eigenvalue weighted by molar-refractivity contribution is 7.14. The van der Waals surface area contributed by atoms with Gasteiger partial charge in [0.15, 0.2) is 0 Å². The monoisotopic (exact) mass is 258 g/mol. The fraction of sp³-hybridized carbons (Fsp3) is 0.583. The summed E-state index contributed by atoms with van der Waals surface area (Å²) in [7, 11) is 0. The zero-order valence-corrected chi connectivity index (χ0v) is 11.2. The van der Waals surface area contributed by atoms with Crippen LogP contribution in [0.3, 0.4) is 0 Å². The molecular formula is C12H18O4S. The van der Waals surface area contributed by atoms with E-state index in [0.29, 0.717) is 24.7 Å². The Kier molecular flexibility index (Phi) is 5.61. The molecule has 0 aromatic carbocycles. The predicted octanol–water partition coefficient (Wildman–Crippen LogP) is 2.70. The zero-order chi connectivity index (χ0) is 12.8.